The van der Waals surface area contributed by atoms with Crippen LogP contribution in [0.2, 0.25) is 0 Å². The molecule has 17 heavy (non-hydrogen) atoms. The third-order valence-corrected chi connectivity index (χ3v) is 2.37. The van der Waals surface area contributed by atoms with Crippen molar-refractivity contribution < 1.29 is 0 Å². The van der Waals surface area contributed by atoms with Gasteiger partial charge < -0.3 is 16.0 Å². The second-order valence-electron chi connectivity index (χ2n) is 3.91. The van der Waals surface area contributed by atoms with Crippen molar-refractivity contribution in [3.05, 3.63) is 6.07 Å². The van der Waals surface area contributed by atoms with Crippen molar-refractivity contribution in [1.82, 2.24) is 9.97 Å². The van der Waals surface area contributed by atoms with Crippen molar-refractivity contribution in [1.29, 1.82) is 5.26 Å². The molecule has 0 radical (unpaired) electrons. The number of hydrogen-bond acceptors (Lipinski definition) is 6. The number of nitrogens with two attached hydrogens (primary N) is 1. The summed E-state index contributed by atoms with van der Waals surface area (Å²) in [4.78, 5) is 10.3. The van der Waals surface area contributed by atoms with Crippen LogP contribution >= 0.6 is 0 Å². The van der Waals surface area contributed by atoms with Gasteiger partial charge in [0, 0.05) is 25.7 Å². The highest BCUT2D eigenvalue weighted by Gasteiger charge is 2.13. The molecule has 3 N–H and O–H groups in total. The van der Waals surface area contributed by atoms with Gasteiger partial charge in [-0.1, -0.05) is 0 Å². The first-order valence-corrected chi connectivity index (χ1v) is 5.54. The van der Waals surface area contributed by atoms with Crippen molar-refractivity contribution in [3.8, 4) is 6.07 Å². The topological polar surface area (TPSA) is 90.9 Å². The SMILES string of the molecule is CNc1cc(N(CCC#N)C(C)C)nc(N)n1. The molecular weight excluding hydrogens is 216 g/mol. The van der Waals surface area contributed by atoms with Crippen LogP contribution in [0.3, 0.4) is 0 Å². The highest BCUT2D eigenvalue weighted by atomic mass is 15.2. The van der Waals surface area contributed by atoms with Gasteiger partial charge in [0.1, 0.15) is 11.6 Å². The number of nitrogens with one attached hydrogen (secondary N) is 1. The third-order valence-electron chi connectivity index (χ3n) is 2.37. The minimum Gasteiger partial charge on any atom is -0.373 e. The van der Waals surface area contributed by atoms with Gasteiger partial charge in [-0.05, 0) is 13.8 Å². The average Bonchev–Trinajstić information content (AvgIpc) is 2.28. The number of aromatic nitrogens is 2. The van der Waals surface area contributed by atoms with E-state index in [1.165, 1.54) is 0 Å². The van der Waals surface area contributed by atoms with Crippen LogP contribution in [-0.2, 0) is 0 Å². The molecule has 0 bridgehead atoms. The van der Waals surface area contributed by atoms with Gasteiger partial charge >= 0.3 is 0 Å². The molecule has 0 saturated heterocycles. The summed E-state index contributed by atoms with van der Waals surface area (Å²) in [5, 5.41) is 11.6. The Bertz CT molecular complexity index is 409. The van der Waals surface area contributed by atoms with Crippen LogP contribution in [0.25, 0.3) is 0 Å². The van der Waals surface area contributed by atoms with E-state index in [2.05, 4.69) is 35.2 Å². The summed E-state index contributed by atoms with van der Waals surface area (Å²) in [5.74, 6) is 1.65. The van der Waals surface area contributed by atoms with Crippen molar-refractivity contribution in [3.63, 3.8) is 0 Å². The summed E-state index contributed by atoms with van der Waals surface area (Å²) in [6.45, 7) is 4.73. The zero-order valence-corrected chi connectivity index (χ0v) is 10.4. The Labute approximate surface area is 101 Å². The van der Waals surface area contributed by atoms with Gasteiger partial charge in [0.05, 0.1) is 12.5 Å². The molecule has 1 aromatic heterocycles. The molecule has 0 aliphatic heterocycles. The smallest absolute Gasteiger partial charge is 0.223 e. The number of rotatable bonds is 5. The van der Waals surface area contributed by atoms with Crippen LogP contribution in [0, 0.1) is 11.3 Å². The molecule has 0 fully saturated rings. The molecule has 1 aromatic rings. The Hall–Kier alpha value is -2.03. The van der Waals surface area contributed by atoms with E-state index < -0.39 is 0 Å². The number of nitrogens with zero attached hydrogens (tertiary/aromatic N) is 4. The minimum absolute atomic E-state index is 0.231. The van der Waals surface area contributed by atoms with E-state index in [1.807, 2.05) is 11.0 Å². The van der Waals surface area contributed by atoms with Crippen molar-refractivity contribution in [2.75, 3.05) is 29.5 Å². The number of hydrogen-bond donors (Lipinski definition) is 2. The first-order valence-electron chi connectivity index (χ1n) is 5.54. The monoisotopic (exact) mass is 234 g/mol. The van der Waals surface area contributed by atoms with Gasteiger partial charge in [-0.3, -0.25) is 0 Å². The van der Waals surface area contributed by atoms with Crippen LogP contribution in [0.4, 0.5) is 17.6 Å². The molecular formula is C11H18N6. The summed E-state index contributed by atoms with van der Waals surface area (Å²) in [6, 6.07) is 4.21. The van der Waals surface area contributed by atoms with Crippen LogP contribution in [0.5, 0.6) is 0 Å². The zero-order chi connectivity index (χ0) is 12.8. The fourth-order valence-electron chi connectivity index (χ4n) is 1.54. The summed E-state index contributed by atoms with van der Waals surface area (Å²) in [6.07, 6.45) is 0.455. The first kappa shape index (κ1) is 13.0. The van der Waals surface area contributed by atoms with E-state index in [-0.39, 0.29) is 12.0 Å². The molecule has 0 aliphatic rings. The molecule has 0 aromatic carbocycles. The summed E-state index contributed by atoms with van der Waals surface area (Å²) in [7, 11) is 1.78. The van der Waals surface area contributed by atoms with E-state index in [0.717, 1.165) is 5.82 Å². The maximum Gasteiger partial charge on any atom is 0.223 e. The van der Waals surface area contributed by atoms with E-state index in [9.17, 15) is 0 Å². The zero-order valence-electron chi connectivity index (χ0n) is 10.4. The lowest BCUT2D eigenvalue weighted by molar-refractivity contribution is 0.676. The Kier molecular flexibility index (Phi) is 4.52. The molecule has 92 valence electrons. The summed E-state index contributed by atoms with van der Waals surface area (Å²) < 4.78 is 0. The highest BCUT2D eigenvalue weighted by molar-refractivity contribution is 5.52. The molecule has 0 saturated carbocycles. The van der Waals surface area contributed by atoms with Gasteiger partial charge in [0.15, 0.2) is 0 Å². The van der Waals surface area contributed by atoms with E-state index in [0.29, 0.717) is 18.8 Å². The lowest BCUT2D eigenvalue weighted by atomic mass is 10.3. The quantitative estimate of drug-likeness (QED) is 0.796. The second-order valence-corrected chi connectivity index (χ2v) is 3.91. The van der Waals surface area contributed by atoms with Crippen molar-refractivity contribution in [2.24, 2.45) is 0 Å². The van der Waals surface area contributed by atoms with Gasteiger partial charge in [0.25, 0.3) is 0 Å². The van der Waals surface area contributed by atoms with Crippen LogP contribution in [0.15, 0.2) is 6.07 Å². The maximum atomic E-state index is 8.65. The highest BCUT2D eigenvalue weighted by Crippen LogP contribution is 2.19. The lowest BCUT2D eigenvalue weighted by Gasteiger charge is -2.27. The Balaban J connectivity index is 3.01. The van der Waals surface area contributed by atoms with E-state index >= 15 is 0 Å². The third kappa shape index (κ3) is 3.48. The van der Waals surface area contributed by atoms with Crippen LogP contribution in [-0.4, -0.2) is 29.6 Å². The molecule has 0 unspecified atom stereocenters. The van der Waals surface area contributed by atoms with E-state index in [1.54, 1.807) is 7.05 Å². The molecule has 6 heteroatoms. The van der Waals surface area contributed by atoms with Gasteiger partial charge in [-0.15, -0.1) is 0 Å². The fourth-order valence-corrected chi connectivity index (χ4v) is 1.54. The Morgan fingerprint density at radius 1 is 1.53 bits per heavy atom. The molecule has 1 heterocycles. The summed E-state index contributed by atoms with van der Waals surface area (Å²) >= 11 is 0. The Morgan fingerprint density at radius 3 is 2.76 bits per heavy atom. The van der Waals surface area contributed by atoms with E-state index in [4.69, 9.17) is 11.0 Å². The molecule has 0 spiro atoms. The number of anilines is 3. The normalized spacial score (nSPS) is 10.1. The summed E-state index contributed by atoms with van der Waals surface area (Å²) in [5.41, 5.74) is 5.65. The maximum absolute atomic E-state index is 8.65. The first-order chi connectivity index (χ1) is 8.08. The average molecular weight is 234 g/mol. The molecule has 0 amide bonds. The largest absolute Gasteiger partial charge is 0.373 e. The van der Waals surface area contributed by atoms with Crippen LogP contribution in [0.1, 0.15) is 20.3 Å². The molecule has 1 rings (SSSR count). The second kappa shape index (κ2) is 5.89. The minimum atomic E-state index is 0.231. The van der Waals surface area contributed by atoms with Gasteiger partial charge in [0.2, 0.25) is 5.95 Å². The van der Waals surface area contributed by atoms with Crippen molar-refractivity contribution >= 4 is 17.6 Å². The lowest BCUT2D eigenvalue weighted by Crippen LogP contribution is -2.32. The van der Waals surface area contributed by atoms with Crippen LogP contribution < -0.4 is 16.0 Å². The molecule has 6 nitrogen and oxygen atoms in total. The van der Waals surface area contributed by atoms with Gasteiger partial charge in [-0.2, -0.15) is 15.2 Å². The fraction of sp³-hybridized carbons (Fsp3) is 0.545. The Morgan fingerprint density at radius 2 is 2.24 bits per heavy atom. The molecule has 0 atom stereocenters. The van der Waals surface area contributed by atoms with Crippen molar-refractivity contribution in [2.45, 2.75) is 26.3 Å². The number of nitriles is 1. The molecule has 0 aliphatic carbocycles. The predicted octanol–water partition coefficient (Wildman–Crippen LogP) is 1.23. The number of nitrogen functional groups attached to an aromatic ring is 1. The predicted molar refractivity (Wildman–Crippen MR) is 68.7 cm³/mol. The standard InChI is InChI=1S/C11H18N6/c1-8(2)17(6-4-5-12)10-7-9(14-3)15-11(13)16-10/h7-8H,4,6H2,1-3H3,(H3,13,14,15,16). The van der Waals surface area contributed by atoms with Gasteiger partial charge in [-0.25, -0.2) is 0 Å².